The molecule has 0 unspecified atom stereocenters. The van der Waals surface area contributed by atoms with E-state index in [1.165, 1.54) is 44.9 Å². The molecular weight excluding hydrogens is 436 g/mol. The van der Waals surface area contributed by atoms with Gasteiger partial charge in [0.15, 0.2) is 12.6 Å². The molecular formula is C26H18N2O2S2. The van der Waals surface area contributed by atoms with E-state index >= 15 is 0 Å². The lowest BCUT2D eigenvalue weighted by Crippen LogP contribution is -1.82. The first-order valence-corrected chi connectivity index (χ1v) is 11.8. The molecule has 32 heavy (non-hydrogen) atoms. The van der Waals surface area contributed by atoms with Crippen LogP contribution in [0, 0.1) is 0 Å². The lowest BCUT2D eigenvalue weighted by Gasteiger charge is -2.02. The number of benzene rings is 1. The molecule has 2 aromatic heterocycles. The molecule has 4 nitrogen and oxygen atoms in total. The Labute approximate surface area is 193 Å². The monoisotopic (exact) mass is 454 g/mol. The Hall–Kier alpha value is -3.48. The highest BCUT2D eigenvalue weighted by Gasteiger charge is 2.22. The van der Waals surface area contributed by atoms with Crippen molar-refractivity contribution >= 4 is 58.9 Å². The Morgan fingerprint density at radius 1 is 0.781 bits per heavy atom. The molecule has 0 atom stereocenters. The van der Waals surface area contributed by atoms with Gasteiger partial charge in [-0.2, -0.15) is 0 Å². The maximum absolute atomic E-state index is 10.9. The maximum Gasteiger partial charge on any atom is 0.160 e. The molecule has 0 N–H and O–H groups in total. The van der Waals surface area contributed by atoms with Gasteiger partial charge in [0.1, 0.15) is 0 Å². The molecule has 1 aromatic carbocycles. The van der Waals surface area contributed by atoms with Gasteiger partial charge in [-0.25, -0.2) is 0 Å². The Balaban J connectivity index is 1.35. The minimum atomic E-state index is 0.703. The average Bonchev–Trinajstić information content (AvgIpc) is 3.52. The van der Waals surface area contributed by atoms with Gasteiger partial charge in [-0.1, -0.05) is 18.2 Å². The van der Waals surface area contributed by atoms with Gasteiger partial charge in [-0.15, -0.1) is 22.7 Å². The minimum absolute atomic E-state index is 0.703. The van der Waals surface area contributed by atoms with Crippen molar-refractivity contribution in [1.29, 1.82) is 0 Å². The Morgan fingerprint density at radius 3 is 2.16 bits per heavy atom. The molecule has 0 aliphatic heterocycles. The number of hydrogen-bond donors (Lipinski definition) is 0. The quantitative estimate of drug-likeness (QED) is 0.317. The number of hydrogen-bond acceptors (Lipinski definition) is 6. The second-order valence-corrected chi connectivity index (χ2v) is 9.70. The van der Waals surface area contributed by atoms with E-state index < -0.39 is 0 Å². The van der Waals surface area contributed by atoms with Crippen molar-refractivity contribution in [1.82, 2.24) is 0 Å². The summed E-state index contributed by atoms with van der Waals surface area (Å²) in [6.07, 6.45) is 13.5. The number of carbonyl (C=O) groups excluding carboxylic acids is 2. The van der Waals surface area contributed by atoms with Gasteiger partial charge in [0.05, 0.1) is 21.1 Å². The summed E-state index contributed by atoms with van der Waals surface area (Å²) in [5.74, 6) is 0. The summed E-state index contributed by atoms with van der Waals surface area (Å²) in [4.78, 5) is 34.3. The Kier molecular flexibility index (Phi) is 5.71. The third kappa shape index (κ3) is 4.28. The molecule has 0 bridgehead atoms. The zero-order chi connectivity index (χ0) is 21.9. The molecule has 3 aromatic rings. The number of allylic oxidation sites excluding steroid dienone is 5. The van der Waals surface area contributed by atoms with E-state index in [2.05, 4.69) is 40.3 Å². The summed E-state index contributed by atoms with van der Waals surface area (Å²) >= 11 is 2.87. The molecule has 0 saturated carbocycles. The summed E-state index contributed by atoms with van der Waals surface area (Å²) in [7, 11) is 0. The zero-order valence-electron chi connectivity index (χ0n) is 17.0. The molecule has 0 fully saturated rings. The van der Waals surface area contributed by atoms with Gasteiger partial charge >= 0.3 is 0 Å². The number of nitrogens with zero attached hydrogens (tertiary/aromatic N) is 2. The first-order chi connectivity index (χ1) is 15.7. The summed E-state index contributed by atoms with van der Waals surface area (Å²) in [5, 5.41) is 0. The Morgan fingerprint density at radius 2 is 1.47 bits per heavy atom. The molecule has 2 aliphatic carbocycles. The van der Waals surface area contributed by atoms with E-state index in [9.17, 15) is 9.59 Å². The molecule has 156 valence electrons. The number of carbonyl (C=O) groups is 2. The van der Waals surface area contributed by atoms with E-state index in [4.69, 9.17) is 0 Å². The van der Waals surface area contributed by atoms with E-state index in [1.807, 2.05) is 36.5 Å². The number of rotatable bonds is 6. The molecule has 0 spiro atoms. The van der Waals surface area contributed by atoms with Crippen molar-refractivity contribution < 1.29 is 9.59 Å². The fourth-order valence-corrected chi connectivity index (χ4v) is 5.21. The van der Waals surface area contributed by atoms with Crippen LogP contribution in [0.25, 0.3) is 5.57 Å². The standard InChI is InChI=1S/C26H18N2O2S2/c29-15-23-7-5-21(31-23)13-27-19-2-1-3-25-17(11-19)10-18-12-20(4-9-26(18)25)28-14-22-6-8-24(16-30)32-22/h2-9,11-16H,1,10H2. The van der Waals surface area contributed by atoms with Crippen molar-refractivity contribution in [3.05, 3.63) is 103 Å². The van der Waals surface area contributed by atoms with Crippen molar-refractivity contribution in [2.75, 3.05) is 0 Å². The van der Waals surface area contributed by atoms with Crippen molar-refractivity contribution in [3.8, 4) is 0 Å². The SMILES string of the molecule is O=Cc1ccc(C=NC2=CCC=C3C(=C2)Cc2cc(N=Cc4ccc(C=O)s4)ccc23)s1. The highest BCUT2D eigenvalue weighted by molar-refractivity contribution is 7.15. The normalized spacial score (nSPS) is 15.2. The van der Waals surface area contributed by atoms with Gasteiger partial charge in [-0.3, -0.25) is 19.6 Å². The number of aldehydes is 2. The van der Waals surface area contributed by atoms with Gasteiger partial charge < -0.3 is 0 Å². The van der Waals surface area contributed by atoms with E-state index in [0.717, 1.165) is 46.6 Å². The van der Waals surface area contributed by atoms with Gasteiger partial charge in [0, 0.05) is 22.2 Å². The van der Waals surface area contributed by atoms with Crippen LogP contribution in [0.15, 0.2) is 81.9 Å². The molecule has 0 saturated heterocycles. The summed E-state index contributed by atoms with van der Waals surface area (Å²) < 4.78 is 0. The predicted molar refractivity (Wildman–Crippen MR) is 133 cm³/mol. The Bertz CT molecular complexity index is 1370. The van der Waals surface area contributed by atoms with E-state index in [-0.39, 0.29) is 0 Å². The van der Waals surface area contributed by atoms with Gasteiger partial charge in [-0.05, 0) is 77.6 Å². The second-order valence-electron chi connectivity index (χ2n) is 7.40. The van der Waals surface area contributed by atoms with Crippen molar-refractivity contribution in [3.63, 3.8) is 0 Å². The average molecular weight is 455 g/mol. The largest absolute Gasteiger partial charge is 0.297 e. The molecule has 0 radical (unpaired) electrons. The third-order valence-corrected chi connectivity index (χ3v) is 7.18. The second kappa shape index (κ2) is 8.94. The van der Waals surface area contributed by atoms with Gasteiger partial charge in [0.2, 0.25) is 0 Å². The minimum Gasteiger partial charge on any atom is -0.297 e. The van der Waals surface area contributed by atoms with Crippen molar-refractivity contribution in [2.24, 2.45) is 9.98 Å². The summed E-state index contributed by atoms with van der Waals surface area (Å²) in [6, 6.07) is 13.7. The first kappa shape index (κ1) is 20.4. The van der Waals surface area contributed by atoms with E-state index in [1.54, 1.807) is 6.21 Å². The van der Waals surface area contributed by atoms with Crippen LogP contribution >= 0.6 is 22.7 Å². The fourth-order valence-electron chi connectivity index (χ4n) is 3.82. The lowest BCUT2D eigenvalue weighted by atomic mass is 10.0. The van der Waals surface area contributed by atoms with Crippen LogP contribution in [0.4, 0.5) is 5.69 Å². The summed E-state index contributed by atoms with van der Waals surface area (Å²) in [6.45, 7) is 0. The highest BCUT2D eigenvalue weighted by Crippen LogP contribution is 2.40. The van der Waals surface area contributed by atoms with Crippen LogP contribution in [-0.2, 0) is 6.42 Å². The topological polar surface area (TPSA) is 58.9 Å². The fraction of sp³-hybridized carbons (Fsp3) is 0.0769. The van der Waals surface area contributed by atoms with Crippen LogP contribution in [0.1, 0.15) is 46.6 Å². The number of aliphatic imine (C=N–C) groups is 2. The smallest absolute Gasteiger partial charge is 0.160 e. The van der Waals surface area contributed by atoms with Crippen LogP contribution in [0.5, 0.6) is 0 Å². The summed E-state index contributed by atoms with van der Waals surface area (Å²) in [5.41, 5.74) is 6.88. The number of thiophene rings is 2. The number of fused-ring (bicyclic) bond motifs is 3. The molecule has 2 aliphatic rings. The molecule has 6 heteroatoms. The van der Waals surface area contributed by atoms with Crippen molar-refractivity contribution in [2.45, 2.75) is 12.8 Å². The predicted octanol–water partition coefficient (Wildman–Crippen LogP) is 6.46. The van der Waals surface area contributed by atoms with Crippen LogP contribution in [-0.4, -0.2) is 25.0 Å². The van der Waals surface area contributed by atoms with Crippen LogP contribution in [0.3, 0.4) is 0 Å². The molecule has 2 heterocycles. The molecule has 0 amide bonds. The zero-order valence-corrected chi connectivity index (χ0v) is 18.7. The lowest BCUT2D eigenvalue weighted by molar-refractivity contribution is 0.111. The highest BCUT2D eigenvalue weighted by atomic mass is 32.1. The first-order valence-electron chi connectivity index (χ1n) is 10.1. The third-order valence-electron chi connectivity index (χ3n) is 5.29. The maximum atomic E-state index is 10.9. The van der Waals surface area contributed by atoms with Crippen LogP contribution in [0.2, 0.25) is 0 Å². The molecule has 5 rings (SSSR count). The van der Waals surface area contributed by atoms with Crippen LogP contribution < -0.4 is 0 Å². The van der Waals surface area contributed by atoms with E-state index in [0.29, 0.717) is 9.75 Å². The van der Waals surface area contributed by atoms with Gasteiger partial charge in [0.25, 0.3) is 0 Å².